The number of nitrogens with zero attached hydrogens (tertiary/aromatic N) is 1. The summed E-state index contributed by atoms with van der Waals surface area (Å²) in [7, 11) is 0. The normalized spacial score (nSPS) is 9.73. The summed E-state index contributed by atoms with van der Waals surface area (Å²) in [6.45, 7) is 0.114. The molecule has 0 radical (unpaired) electrons. The molecular weight excluding hydrogens is 204 g/mol. The molecule has 1 N–H and O–H groups in total. The van der Waals surface area contributed by atoms with Crippen LogP contribution in [0, 0.1) is 23.0 Å². The highest BCUT2D eigenvalue weighted by Crippen LogP contribution is 2.19. The van der Waals surface area contributed by atoms with Gasteiger partial charge in [0.2, 0.25) is 0 Å². The summed E-state index contributed by atoms with van der Waals surface area (Å²) in [4.78, 5) is 0. The zero-order chi connectivity index (χ0) is 11.3. The van der Waals surface area contributed by atoms with Crippen LogP contribution in [0.5, 0.6) is 5.75 Å². The van der Waals surface area contributed by atoms with Gasteiger partial charge in [-0.1, -0.05) is 0 Å². The molecule has 15 heavy (non-hydrogen) atoms. The van der Waals surface area contributed by atoms with E-state index in [-0.39, 0.29) is 19.0 Å². The van der Waals surface area contributed by atoms with E-state index in [9.17, 15) is 8.78 Å². The molecule has 0 aromatic heterocycles. The lowest BCUT2D eigenvalue weighted by molar-refractivity contribution is 0.232. The van der Waals surface area contributed by atoms with Crippen molar-refractivity contribution in [3.63, 3.8) is 0 Å². The second-order valence-electron chi connectivity index (χ2n) is 2.80. The predicted molar refractivity (Wildman–Crippen MR) is 48.3 cm³/mol. The molecule has 0 unspecified atom stereocenters. The fraction of sp³-hybridized carbons (Fsp3) is 0.300. The van der Waals surface area contributed by atoms with Crippen LogP contribution in [0.25, 0.3) is 0 Å². The van der Waals surface area contributed by atoms with Crippen molar-refractivity contribution >= 4 is 0 Å². The number of aliphatic hydroxyl groups is 1. The number of halogens is 2. The Morgan fingerprint density at radius 2 is 1.93 bits per heavy atom. The highest BCUT2D eigenvalue weighted by molar-refractivity contribution is 5.37. The molecule has 0 heterocycles. The van der Waals surface area contributed by atoms with Gasteiger partial charge in [-0.15, -0.1) is 0 Å². The van der Waals surface area contributed by atoms with Crippen molar-refractivity contribution in [2.24, 2.45) is 0 Å². The number of hydrogen-bond acceptors (Lipinski definition) is 3. The van der Waals surface area contributed by atoms with E-state index in [0.29, 0.717) is 6.42 Å². The summed E-state index contributed by atoms with van der Waals surface area (Å²) >= 11 is 0. The highest BCUT2D eigenvalue weighted by atomic mass is 19.1. The first kappa shape index (κ1) is 11.4. The monoisotopic (exact) mass is 213 g/mol. The first-order valence-electron chi connectivity index (χ1n) is 4.32. The topological polar surface area (TPSA) is 53.2 Å². The van der Waals surface area contributed by atoms with Gasteiger partial charge >= 0.3 is 0 Å². The molecule has 1 rings (SSSR count). The minimum absolute atomic E-state index is 0.0115. The van der Waals surface area contributed by atoms with Crippen molar-refractivity contribution in [3.05, 3.63) is 29.3 Å². The zero-order valence-electron chi connectivity index (χ0n) is 7.83. The Balaban J connectivity index is 2.81. The third-order valence-electron chi connectivity index (χ3n) is 1.70. The summed E-state index contributed by atoms with van der Waals surface area (Å²) in [6.07, 6.45) is 0.378. The second kappa shape index (κ2) is 5.27. The molecule has 0 fully saturated rings. The van der Waals surface area contributed by atoms with Gasteiger partial charge < -0.3 is 9.84 Å². The van der Waals surface area contributed by atoms with Crippen molar-refractivity contribution in [3.8, 4) is 11.8 Å². The Morgan fingerprint density at radius 3 is 2.40 bits per heavy atom. The first-order valence-corrected chi connectivity index (χ1v) is 4.32. The van der Waals surface area contributed by atoms with Crippen LogP contribution in [-0.2, 0) is 0 Å². The quantitative estimate of drug-likeness (QED) is 0.773. The smallest absolute Gasteiger partial charge is 0.147 e. The molecule has 1 aromatic rings. The summed E-state index contributed by atoms with van der Waals surface area (Å²) in [5.41, 5.74) is -0.621. The lowest BCUT2D eigenvalue weighted by Gasteiger charge is -2.05. The standard InChI is InChI=1S/C10H9F2NO2/c11-9-4-7(15-3-1-2-14)5-10(12)8(9)6-13/h4-5,14H,1-3H2. The molecule has 0 aliphatic heterocycles. The minimum Gasteiger partial charge on any atom is -0.493 e. The Kier molecular flexibility index (Phi) is 4.01. The Hall–Kier alpha value is -1.67. The van der Waals surface area contributed by atoms with Gasteiger partial charge in [-0.05, 0) is 0 Å². The van der Waals surface area contributed by atoms with Gasteiger partial charge in [0, 0.05) is 25.2 Å². The van der Waals surface area contributed by atoms with Crippen molar-refractivity contribution in [2.75, 3.05) is 13.2 Å². The van der Waals surface area contributed by atoms with E-state index in [4.69, 9.17) is 15.1 Å². The van der Waals surface area contributed by atoms with E-state index in [0.717, 1.165) is 12.1 Å². The van der Waals surface area contributed by atoms with Gasteiger partial charge in [0.15, 0.2) is 0 Å². The maximum atomic E-state index is 13.0. The summed E-state index contributed by atoms with van der Waals surface area (Å²) in [6, 6.07) is 3.30. The SMILES string of the molecule is N#Cc1c(F)cc(OCCCO)cc1F. The van der Waals surface area contributed by atoms with Crippen molar-refractivity contribution in [1.82, 2.24) is 0 Å². The highest BCUT2D eigenvalue weighted by Gasteiger charge is 2.10. The third kappa shape index (κ3) is 2.89. The van der Waals surface area contributed by atoms with E-state index in [1.807, 2.05) is 0 Å². The molecule has 5 heteroatoms. The van der Waals surface area contributed by atoms with Crippen LogP contribution in [0.1, 0.15) is 12.0 Å². The van der Waals surface area contributed by atoms with Crippen LogP contribution in [0.4, 0.5) is 8.78 Å². The average molecular weight is 213 g/mol. The minimum atomic E-state index is -0.948. The Labute approximate surface area is 85.5 Å². The van der Waals surface area contributed by atoms with Gasteiger partial charge in [-0.2, -0.15) is 5.26 Å². The summed E-state index contributed by atoms with van der Waals surface area (Å²) in [5.74, 6) is -1.88. The van der Waals surface area contributed by atoms with Crippen LogP contribution in [0.15, 0.2) is 12.1 Å². The fourth-order valence-electron chi connectivity index (χ4n) is 0.995. The molecular formula is C10H9F2NO2. The molecule has 3 nitrogen and oxygen atoms in total. The number of hydrogen-bond donors (Lipinski definition) is 1. The molecule has 0 aliphatic carbocycles. The molecule has 0 bridgehead atoms. The third-order valence-corrected chi connectivity index (χ3v) is 1.70. The largest absolute Gasteiger partial charge is 0.493 e. The van der Waals surface area contributed by atoms with Crippen LogP contribution >= 0.6 is 0 Å². The van der Waals surface area contributed by atoms with Gasteiger partial charge in [-0.3, -0.25) is 0 Å². The van der Waals surface area contributed by atoms with Crippen LogP contribution in [0.2, 0.25) is 0 Å². The van der Waals surface area contributed by atoms with E-state index in [1.165, 1.54) is 6.07 Å². The van der Waals surface area contributed by atoms with Gasteiger partial charge in [-0.25, -0.2) is 8.78 Å². The van der Waals surface area contributed by atoms with Crippen LogP contribution in [0.3, 0.4) is 0 Å². The molecule has 0 atom stereocenters. The number of benzene rings is 1. The number of nitriles is 1. The Morgan fingerprint density at radius 1 is 1.33 bits per heavy atom. The molecule has 0 saturated carbocycles. The van der Waals surface area contributed by atoms with Gasteiger partial charge in [0.1, 0.15) is 29.0 Å². The molecule has 80 valence electrons. The van der Waals surface area contributed by atoms with E-state index >= 15 is 0 Å². The van der Waals surface area contributed by atoms with Crippen LogP contribution < -0.4 is 4.74 Å². The average Bonchev–Trinajstić information content (AvgIpc) is 2.18. The molecule has 0 saturated heterocycles. The second-order valence-corrected chi connectivity index (χ2v) is 2.80. The van der Waals surface area contributed by atoms with Crippen molar-refractivity contribution in [1.29, 1.82) is 5.26 Å². The summed E-state index contributed by atoms with van der Waals surface area (Å²) < 4.78 is 31.0. The maximum absolute atomic E-state index is 13.0. The maximum Gasteiger partial charge on any atom is 0.147 e. The first-order chi connectivity index (χ1) is 7.19. The number of aliphatic hydroxyl groups excluding tert-OH is 1. The van der Waals surface area contributed by atoms with E-state index < -0.39 is 17.2 Å². The van der Waals surface area contributed by atoms with Crippen molar-refractivity contribution in [2.45, 2.75) is 6.42 Å². The zero-order valence-corrected chi connectivity index (χ0v) is 7.83. The number of rotatable bonds is 4. The Bertz CT molecular complexity index is 364. The van der Waals surface area contributed by atoms with E-state index in [2.05, 4.69) is 0 Å². The molecule has 0 aliphatic rings. The lowest BCUT2D eigenvalue weighted by atomic mass is 10.2. The molecule has 0 amide bonds. The molecule has 0 spiro atoms. The van der Waals surface area contributed by atoms with Gasteiger partial charge in [0.25, 0.3) is 0 Å². The van der Waals surface area contributed by atoms with E-state index in [1.54, 1.807) is 0 Å². The van der Waals surface area contributed by atoms with Crippen molar-refractivity contribution < 1.29 is 18.6 Å². The summed E-state index contributed by atoms with van der Waals surface area (Å²) in [5, 5.41) is 16.9. The fourth-order valence-corrected chi connectivity index (χ4v) is 0.995. The lowest BCUT2D eigenvalue weighted by Crippen LogP contribution is -2.01. The van der Waals surface area contributed by atoms with Crippen LogP contribution in [-0.4, -0.2) is 18.3 Å². The van der Waals surface area contributed by atoms with Gasteiger partial charge in [0.05, 0.1) is 6.61 Å². The molecule has 1 aromatic carbocycles. The number of ether oxygens (including phenoxy) is 1. The predicted octanol–water partition coefficient (Wildman–Crippen LogP) is 1.60.